The van der Waals surface area contributed by atoms with Crippen molar-refractivity contribution >= 4 is 29.2 Å². The number of nitro benzene ring substituents is 1. The van der Waals surface area contributed by atoms with Gasteiger partial charge in [-0.1, -0.05) is 36.4 Å². The molecule has 1 atom stereocenters. The largest absolute Gasteiger partial charge is 0.483 e. The predicted molar refractivity (Wildman–Crippen MR) is 105 cm³/mol. The van der Waals surface area contributed by atoms with Crippen LogP contribution in [0, 0.1) is 10.1 Å². The molecule has 1 amide bonds. The second-order valence-electron chi connectivity index (χ2n) is 5.81. The quantitative estimate of drug-likeness (QED) is 0.355. The molecule has 0 aliphatic rings. The highest BCUT2D eigenvalue weighted by atomic mass is 32.1. The minimum atomic E-state index is -0.602. The van der Waals surface area contributed by atoms with Crippen molar-refractivity contribution in [3.05, 3.63) is 92.2 Å². The average Bonchev–Trinajstić information content (AvgIpc) is 3.25. The van der Waals surface area contributed by atoms with E-state index in [2.05, 4.69) is 5.32 Å². The molecule has 0 spiro atoms. The lowest BCUT2D eigenvalue weighted by Gasteiger charge is -2.18. The molecule has 0 fully saturated rings. The van der Waals surface area contributed by atoms with Crippen molar-refractivity contribution in [2.24, 2.45) is 0 Å². The molecule has 3 rings (SSSR count). The molecule has 0 unspecified atom stereocenters. The Morgan fingerprint density at radius 3 is 2.61 bits per heavy atom. The fourth-order valence-corrected chi connectivity index (χ4v) is 3.44. The zero-order chi connectivity index (χ0) is 19.9. The summed E-state index contributed by atoms with van der Waals surface area (Å²) >= 11 is 1.53. The topological polar surface area (TPSA) is 98.5 Å². The van der Waals surface area contributed by atoms with Gasteiger partial charge in [0.2, 0.25) is 0 Å². The fourth-order valence-electron chi connectivity index (χ4n) is 2.64. The maximum absolute atomic E-state index is 12.4. The van der Waals surface area contributed by atoms with Crippen molar-refractivity contribution in [3.63, 3.8) is 0 Å². The number of rotatable bonds is 8. The molecular formula is C20H16N2O5S. The summed E-state index contributed by atoms with van der Waals surface area (Å²) in [6.45, 7) is -0.326. The Balaban J connectivity index is 1.71. The Morgan fingerprint density at radius 2 is 1.96 bits per heavy atom. The molecule has 1 heterocycles. The Bertz CT molecular complexity index is 974. The predicted octanol–water partition coefficient (Wildman–Crippen LogP) is 3.75. The molecule has 0 bridgehead atoms. The molecule has 142 valence electrons. The summed E-state index contributed by atoms with van der Waals surface area (Å²) in [4.78, 5) is 34.8. The minimum absolute atomic E-state index is 0.0138. The smallest absolute Gasteiger partial charge is 0.270 e. The number of benzene rings is 2. The maximum Gasteiger partial charge on any atom is 0.270 e. The highest BCUT2D eigenvalue weighted by Gasteiger charge is 2.19. The Kier molecular flexibility index (Phi) is 6.13. The highest BCUT2D eigenvalue weighted by Crippen LogP contribution is 2.26. The molecule has 1 aromatic heterocycles. The van der Waals surface area contributed by atoms with Crippen LogP contribution in [0.5, 0.6) is 5.75 Å². The number of non-ortho nitro benzene ring substituents is 1. The van der Waals surface area contributed by atoms with Crippen LogP contribution < -0.4 is 10.1 Å². The summed E-state index contributed by atoms with van der Waals surface area (Å²) in [6, 6.07) is 16.7. The van der Waals surface area contributed by atoms with Crippen LogP contribution in [0.1, 0.15) is 26.8 Å². The van der Waals surface area contributed by atoms with Gasteiger partial charge in [-0.15, -0.1) is 11.3 Å². The number of aldehydes is 1. The van der Waals surface area contributed by atoms with Crippen LogP contribution in [0.2, 0.25) is 0 Å². The number of hydrogen-bond acceptors (Lipinski definition) is 6. The van der Waals surface area contributed by atoms with E-state index in [1.54, 1.807) is 0 Å². The van der Waals surface area contributed by atoms with Gasteiger partial charge in [-0.05, 0) is 23.1 Å². The van der Waals surface area contributed by atoms with Gasteiger partial charge < -0.3 is 10.1 Å². The molecule has 0 aliphatic carbocycles. The van der Waals surface area contributed by atoms with Crippen LogP contribution in [0.15, 0.2) is 66.0 Å². The summed E-state index contributed by atoms with van der Waals surface area (Å²) in [7, 11) is 0. The lowest BCUT2D eigenvalue weighted by molar-refractivity contribution is -0.384. The van der Waals surface area contributed by atoms with Crippen LogP contribution >= 0.6 is 11.3 Å². The molecule has 3 aromatic rings. The first-order valence-corrected chi connectivity index (χ1v) is 9.20. The molecule has 7 nitrogen and oxygen atoms in total. The van der Waals surface area contributed by atoms with Crippen LogP contribution in [0.4, 0.5) is 5.69 Å². The standard InChI is InChI=1S/C20H16N2O5S/c23-12-15-11-16(22(25)26)8-9-17(15)27-13-19(24)21-20(18-7-4-10-28-18)14-5-2-1-3-6-14/h1-12,20H,13H2,(H,21,24)/t20-/m0/s1. The van der Waals surface area contributed by atoms with E-state index in [4.69, 9.17) is 4.74 Å². The van der Waals surface area contributed by atoms with Crippen LogP contribution in [-0.4, -0.2) is 23.7 Å². The SMILES string of the molecule is O=Cc1cc([N+](=O)[O-])ccc1OCC(=O)N[C@@H](c1ccccc1)c1cccs1. The third-order valence-electron chi connectivity index (χ3n) is 3.96. The van der Waals surface area contributed by atoms with Crippen molar-refractivity contribution in [2.75, 3.05) is 6.61 Å². The van der Waals surface area contributed by atoms with Crippen LogP contribution in [0.3, 0.4) is 0 Å². The summed E-state index contributed by atoms with van der Waals surface area (Å²) in [5.74, 6) is -0.263. The molecule has 0 saturated heterocycles. The Hall–Kier alpha value is -3.52. The number of nitrogens with zero attached hydrogens (tertiary/aromatic N) is 1. The molecule has 0 aliphatic heterocycles. The van der Waals surface area contributed by atoms with Crippen molar-refractivity contribution in [1.29, 1.82) is 0 Å². The summed E-state index contributed by atoms with van der Waals surface area (Å²) < 4.78 is 5.42. The lowest BCUT2D eigenvalue weighted by Crippen LogP contribution is -2.33. The average molecular weight is 396 g/mol. The second kappa shape index (κ2) is 8.92. The van der Waals surface area contributed by atoms with Gasteiger partial charge in [0.05, 0.1) is 16.5 Å². The van der Waals surface area contributed by atoms with Gasteiger partial charge in [-0.3, -0.25) is 19.7 Å². The van der Waals surface area contributed by atoms with E-state index in [1.165, 1.54) is 23.5 Å². The first-order valence-electron chi connectivity index (χ1n) is 8.32. The fraction of sp³-hybridized carbons (Fsp3) is 0.100. The normalized spacial score (nSPS) is 11.4. The third-order valence-corrected chi connectivity index (χ3v) is 4.89. The Labute approximate surface area is 164 Å². The number of hydrogen-bond donors (Lipinski definition) is 1. The molecule has 8 heteroatoms. The summed E-state index contributed by atoms with van der Waals surface area (Å²) in [5.41, 5.74) is 0.725. The second-order valence-corrected chi connectivity index (χ2v) is 6.79. The van der Waals surface area contributed by atoms with Crippen molar-refractivity contribution in [1.82, 2.24) is 5.32 Å². The molecule has 0 saturated carbocycles. The van der Waals surface area contributed by atoms with E-state index in [-0.39, 0.29) is 35.6 Å². The molecule has 2 aromatic carbocycles. The number of nitrogens with one attached hydrogen (secondary N) is 1. The Morgan fingerprint density at radius 1 is 1.18 bits per heavy atom. The van der Waals surface area contributed by atoms with Crippen molar-refractivity contribution in [3.8, 4) is 5.75 Å². The first kappa shape index (κ1) is 19.2. The van der Waals surface area contributed by atoms with E-state index < -0.39 is 4.92 Å². The summed E-state index contributed by atoms with van der Waals surface area (Å²) in [6.07, 6.45) is 0.457. The van der Waals surface area contributed by atoms with E-state index in [1.807, 2.05) is 47.8 Å². The van der Waals surface area contributed by atoms with E-state index >= 15 is 0 Å². The van der Waals surface area contributed by atoms with E-state index in [0.29, 0.717) is 6.29 Å². The van der Waals surface area contributed by atoms with Gasteiger partial charge in [-0.2, -0.15) is 0 Å². The number of amides is 1. The van der Waals surface area contributed by atoms with Gasteiger partial charge in [-0.25, -0.2) is 0 Å². The first-order chi connectivity index (χ1) is 13.6. The number of carbonyl (C=O) groups excluding carboxylic acids is 2. The van der Waals surface area contributed by atoms with E-state index in [0.717, 1.165) is 16.5 Å². The number of carbonyl (C=O) groups is 2. The van der Waals surface area contributed by atoms with Gasteiger partial charge in [0.15, 0.2) is 12.9 Å². The van der Waals surface area contributed by atoms with Gasteiger partial charge in [0, 0.05) is 17.0 Å². The van der Waals surface area contributed by atoms with Gasteiger partial charge >= 0.3 is 0 Å². The van der Waals surface area contributed by atoms with Crippen LogP contribution in [-0.2, 0) is 4.79 Å². The third kappa shape index (κ3) is 4.60. The molecule has 0 radical (unpaired) electrons. The number of thiophene rings is 1. The zero-order valence-corrected chi connectivity index (χ0v) is 15.4. The lowest BCUT2D eigenvalue weighted by atomic mass is 10.1. The maximum atomic E-state index is 12.4. The zero-order valence-electron chi connectivity index (χ0n) is 14.6. The molecule has 28 heavy (non-hydrogen) atoms. The minimum Gasteiger partial charge on any atom is -0.483 e. The van der Waals surface area contributed by atoms with Gasteiger partial charge in [0.25, 0.3) is 11.6 Å². The summed E-state index contributed by atoms with van der Waals surface area (Å²) in [5, 5.41) is 15.7. The molecular weight excluding hydrogens is 380 g/mol. The highest BCUT2D eigenvalue weighted by molar-refractivity contribution is 7.10. The molecule has 1 N–H and O–H groups in total. The van der Waals surface area contributed by atoms with E-state index in [9.17, 15) is 19.7 Å². The number of ether oxygens (including phenoxy) is 1. The van der Waals surface area contributed by atoms with Crippen molar-refractivity contribution < 1.29 is 19.2 Å². The van der Waals surface area contributed by atoms with Gasteiger partial charge in [0.1, 0.15) is 5.75 Å². The van der Waals surface area contributed by atoms with Crippen molar-refractivity contribution in [2.45, 2.75) is 6.04 Å². The monoisotopic (exact) mass is 396 g/mol. The number of nitro groups is 1. The van der Waals surface area contributed by atoms with Crippen LogP contribution in [0.25, 0.3) is 0 Å².